The maximum absolute atomic E-state index is 9.65. The highest BCUT2D eigenvalue weighted by Gasteiger charge is 2.13. The molecule has 4 heteroatoms. The minimum Gasteiger partial charge on any atom is -0.450 e. The number of benzene rings is 2. The van der Waals surface area contributed by atoms with Gasteiger partial charge in [-0.3, -0.25) is 0 Å². The standard InChI is InChI=1S/C11H11B2O2/c1-13(15)10-7-3-5-8-4-2-6-9(12-14)11(8)10/h2-7,14-15H,1H3. The molecule has 0 saturated carbocycles. The molecule has 0 heterocycles. The highest BCUT2D eigenvalue weighted by molar-refractivity contribution is 6.69. The van der Waals surface area contributed by atoms with Gasteiger partial charge in [0.2, 0.25) is 0 Å². The molecule has 0 saturated heterocycles. The molecule has 0 amide bonds. The molecule has 2 aromatic carbocycles. The van der Waals surface area contributed by atoms with Crippen LogP contribution < -0.4 is 10.9 Å². The van der Waals surface area contributed by atoms with Crippen molar-refractivity contribution in [1.29, 1.82) is 0 Å². The van der Waals surface area contributed by atoms with Gasteiger partial charge >= 0.3 is 14.4 Å². The Labute approximate surface area is 89.9 Å². The van der Waals surface area contributed by atoms with E-state index >= 15 is 0 Å². The van der Waals surface area contributed by atoms with Crippen LogP contribution in [0.5, 0.6) is 0 Å². The molecule has 0 aliphatic heterocycles. The van der Waals surface area contributed by atoms with Crippen LogP contribution in [0.25, 0.3) is 10.8 Å². The van der Waals surface area contributed by atoms with E-state index < -0.39 is 6.92 Å². The summed E-state index contributed by atoms with van der Waals surface area (Å²) in [4.78, 5) is 0. The molecule has 0 aromatic heterocycles. The fourth-order valence-corrected chi connectivity index (χ4v) is 1.86. The van der Waals surface area contributed by atoms with Crippen molar-refractivity contribution in [2.45, 2.75) is 6.82 Å². The van der Waals surface area contributed by atoms with Gasteiger partial charge < -0.3 is 10.0 Å². The summed E-state index contributed by atoms with van der Waals surface area (Å²) in [6.07, 6.45) is 0. The summed E-state index contributed by atoms with van der Waals surface area (Å²) in [6.45, 7) is 1.19. The molecular weight excluding hydrogens is 186 g/mol. The van der Waals surface area contributed by atoms with Crippen molar-refractivity contribution in [1.82, 2.24) is 0 Å². The van der Waals surface area contributed by atoms with E-state index in [1.165, 1.54) is 0 Å². The first-order chi connectivity index (χ1) is 7.24. The first-order valence-corrected chi connectivity index (χ1v) is 4.91. The Hall–Kier alpha value is -1.25. The van der Waals surface area contributed by atoms with E-state index in [9.17, 15) is 5.02 Å². The highest BCUT2D eigenvalue weighted by atomic mass is 16.2. The van der Waals surface area contributed by atoms with Gasteiger partial charge in [0.15, 0.2) is 0 Å². The van der Waals surface area contributed by atoms with Crippen LogP contribution in [0.2, 0.25) is 6.82 Å². The highest BCUT2D eigenvalue weighted by Crippen LogP contribution is 2.09. The van der Waals surface area contributed by atoms with E-state index in [1.54, 1.807) is 6.82 Å². The van der Waals surface area contributed by atoms with E-state index in [0.29, 0.717) is 0 Å². The normalized spacial score (nSPS) is 10.3. The van der Waals surface area contributed by atoms with Crippen LogP contribution in [0.15, 0.2) is 36.4 Å². The lowest BCUT2D eigenvalue weighted by atomic mass is 9.61. The van der Waals surface area contributed by atoms with Crippen molar-refractivity contribution in [3.8, 4) is 0 Å². The average Bonchev–Trinajstić information content (AvgIpc) is 2.27. The molecule has 0 unspecified atom stereocenters. The third-order valence-corrected chi connectivity index (χ3v) is 2.56. The van der Waals surface area contributed by atoms with Crippen molar-refractivity contribution < 1.29 is 10.0 Å². The second-order valence-corrected chi connectivity index (χ2v) is 3.60. The Balaban J connectivity index is 2.81. The van der Waals surface area contributed by atoms with Gasteiger partial charge in [-0.2, -0.15) is 0 Å². The lowest BCUT2D eigenvalue weighted by Crippen LogP contribution is -2.31. The zero-order valence-corrected chi connectivity index (χ0v) is 8.51. The quantitative estimate of drug-likeness (QED) is 0.659. The van der Waals surface area contributed by atoms with Crippen molar-refractivity contribution in [2.24, 2.45) is 0 Å². The third-order valence-electron chi connectivity index (χ3n) is 2.56. The van der Waals surface area contributed by atoms with Crippen molar-refractivity contribution >= 4 is 36.1 Å². The van der Waals surface area contributed by atoms with Gasteiger partial charge in [0, 0.05) is 0 Å². The Kier molecular flexibility index (Phi) is 2.80. The lowest BCUT2D eigenvalue weighted by molar-refractivity contribution is 0.594. The predicted octanol–water partition coefficient (Wildman–Crippen LogP) is -0.103. The largest absolute Gasteiger partial charge is 0.450 e. The molecule has 0 spiro atoms. The van der Waals surface area contributed by atoms with Crippen LogP contribution in [0.3, 0.4) is 0 Å². The Morgan fingerprint density at radius 3 is 2.40 bits per heavy atom. The van der Waals surface area contributed by atoms with Gasteiger partial charge in [-0.15, -0.1) is 0 Å². The van der Waals surface area contributed by atoms with E-state index in [0.717, 1.165) is 29.2 Å². The van der Waals surface area contributed by atoms with Gasteiger partial charge in [0.05, 0.1) is 0 Å². The van der Waals surface area contributed by atoms with Gasteiger partial charge in [-0.25, -0.2) is 0 Å². The summed E-state index contributed by atoms with van der Waals surface area (Å²) in [5.41, 5.74) is 1.58. The summed E-state index contributed by atoms with van der Waals surface area (Å²) in [5.74, 6) is 0. The molecule has 1 radical (unpaired) electrons. The maximum atomic E-state index is 9.65. The molecule has 0 aliphatic rings. The zero-order chi connectivity index (χ0) is 10.8. The fourth-order valence-electron chi connectivity index (χ4n) is 1.86. The van der Waals surface area contributed by atoms with Crippen LogP contribution in [0.4, 0.5) is 0 Å². The number of fused-ring (bicyclic) bond motifs is 1. The van der Waals surface area contributed by atoms with Crippen LogP contribution in [-0.2, 0) is 0 Å². The van der Waals surface area contributed by atoms with E-state index in [2.05, 4.69) is 0 Å². The first kappa shape index (κ1) is 10.3. The monoisotopic (exact) mass is 197 g/mol. The summed E-state index contributed by atoms with van der Waals surface area (Å²) in [5, 5.41) is 20.7. The van der Waals surface area contributed by atoms with Gasteiger partial charge in [-0.1, -0.05) is 43.2 Å². The zero-order valence-electron chi connectivity index (χ0n) is 8.51. The van der Waals surface area contributed by atoms with Crippen LogP contribution in [0, 0.1) is 0 Å². The second-order valence-electron chi connectivity index (χ2n) is 3.60. The van der Waals surface area contributed by atoms with Crippen molar-refractivity contribution in [2.75, 3.05) is 0 Å². The molecule has 0 fully saturated rings. The average molecular weight is 197 g/mol. The molecule has 2 rings (SSSR count). The first-order valence-electron chi connectivity index (χ1n) is 4.91. The topological polar surface area (TPSA) is 40.5 Å². The predicted molar refractivity (Wildman–Crippen MR) is 65.0 cm³/mol. The Morgan fingerprint density at radius 2 is 1.80 bits per heavy atom. The maximum Gasteiger partial charge on any atom is 0.327 e. The summed E-state index contributed by atoms with van der Waals surface area (Å²) in [7, 11) is 1.08. The molecule has 2 aromatic rings. The third kappa shape index (κ3) is 1.78. The fraction of sp³-hybridized carbons (Fsp3) is 0.0909. The molecule has 2 N–H and O–H groups in total. The van der Waals surface area contributed by atoms with Gasteiger partial charge in [0.25, 0.3) is 0 Å². The van der Waals surface area contributed by atoms with E-state index in [-0.39, 0.29) is 0 Å². The van der Waals surface area contributed by atoms with Crippen molar-refractivity contribution in [3.05, 3.63) is 36.4 Å². The van der Waals surface area contributed by atoms with E-state index in [1.807, 2.05) is 36.4 Å². The molecule has 0 atom stereocenters. The van der Waals surface area contributed by atoms with Gasteiger partial charge in [0.1, 0.15) is 0 Å². The Morgan fingerprint density at radius 1 is 1.13 bits per heavy atom. The number of hydrogen-bond donors (Lipinski definition) is 2. The van der Waals surface area contributed by atoms with Crippen LogP contribution in [0.1, 0.15) is 0 Å². The molecule has 0 bridgehead atoms. The minimum absolute atomic E-state index is 0.533. The summed E-state index contributed by atoms with van der Waals surface area (Å²) in [6, 6.07) is 11.4. The lowest BCUT2D eigenvalue weighted by Gasteiger charge is -2.09. The van der Waals surface area contributed by atoms with Gasteiger partial charge in [-0.05, 0) is 21.7 Å². The molecule has 15 heavy (non-hydrogen) atoms. The summed E-state index contributed by atoms with van der Waals surface area (Å²) >= 11 is 0. The molecule has 0 aliphatic carbocycles. The molecular formula is C11H11B2O2. The summed E-state index contributed by atoms with van der Waals surface area (Å²) < 4.78 is 0. The van der Waals surface area contributed by atoms with Crippen LogP contribution in [-0.4, -0.2) is 24.4 Å². The number of hydrogen-bond acceptors (Lipinski definition) is 2. The number of rotatable bonds is 2. The molecule has 2 nitrogen and oxygen atoms in total. The smallest absolute Gasteiger partial charge is 0.327 e. The SMILES string of the molecule is CB(O)c1cccc2cccc([B]O)c12. The Bertz CT molecular complexity index is 478. The minimum atomic E-state index is -0.533. The van der Waals surface area contributed by atoms with Crippen LogP contribution >= 0.6 is 0 Å². The second kappa shape index (κ2) is 4.09. The van der Waals surface area contributed by atoms with E-state index in [4.69, 9.17) is 5.02 Å². The van der Waals surface area contributed by atoms with Crippen molar-refractivity contribution in [3.63, 3.8) is 0 Å². The molecule has 73 valence electrons.